The van der Waals surface area contributed by atoms with E-state index in [0.29, 0.717) is 0 Å². The summed E-state index contributed by atoms with van der Waals surface area (Å²) in [5, 5.41) is 2.04. The molecule has 0 saturated carbocycles. The van der Waals surface area contributed by atoms with Gasteiger partial charge in [0.05, 0.1) is 20.4 Å². The van der Waals surface area contributed by atoms with Crippen LogP contribution in [-0.4, -0.2) is 9.97 Å². The summed E-state index contributed by atoms with van der Waals surface area (Å²) in [6, 6.07) is 90.8. The van der Waals surface area contributed by atoms with Crippen molar-refractivity contribution in [3.8, 4) is 54.5 Å². The van der Waals surface area contributed by atoms with Crippen LogP contribution in [0.3, 0.4) is 0 Å². The SMILES string of the molecule is c1ccc(-c2cccc(-c3ccc(N(c4ccccc4)c4ccc(-c5ccc(N(c6ccc(-c7nc8ccccc8s7)cc6)c6ccc(-c7nc8ccccc8s7)cc6)cc5)cc4)cc3)c2)cc1. The molecule has 68 heavy (non-hydrogen) atoms. The molecular formula is C62H42N4S2. The molecule has 0 radical (unpaired) electrons. The van der Waals surface area contributed by atoms with Crippen LogP contribution in [0, 0.1) is 0 Å². The predicted octanol–water partition coefficient (Wildman–Crippen LogP) is 18.2. The lowest BCUT2D eigenvalue weighted by Crippen LogP contribution is -2.10. The smallest absolute Gasteiger partial charge is 0.124 e. The van der Waals surface area contributed by atoms with Crippen LogP contribution in [0.2, 0.25) is 0 Å². The third-order valence-electron chi connectivity index (χ3n) is 12.4. The molecule has 10 aromatic carbocycles. The average molecular weight is 907 g/mol. The summed E-state index contributed by atoms with van der Waals surface area (Å²) >= 11 is 3.45. The molecular weight excluding hydrogens is 865 g/mol. The standard InChI is InChI=1S/C62H42N4S2/c1-3-12-43(13-4-1)49-14-11-15-50(42-49)46-26-36-53(37-27-46)65(51-16-5-2-6-17-51)52-32-22-44(23-33-52)45-24-34-54(35-25-45)66(55-38-28-47(29-39-55)61-63-57-18-7-9-20-59(57)67-61)56-40-30-48(31-41-56)62-64-58-19-8-10-21-60(58)68-62/h1-42H. The fourth-order valence-electron chi connectivity index (χ4n) is 8.89. The van der Waals surface area contributed by atoms with Gasteiger partial charge in [0.15, 0.2) is 0 Å². The first-order chi connectivity index (χ1) is 33.7. The fourth-order valence-corrected chi connectivity index (χ4v) is 10.8. The molecule has 0 amide bonds. The Morgan fingerprint density at radius 3 is 0.926 bits per heavy atom. The minimum atomic E-state index is 1.02. The van der Waals surface area contributed by atoms with Gasteiger partial charge < -0.3 is 9.80 Å². The summed E-state index contributed by atoms with van der Waals surface area (Å²) in [5.41, 5.74) is 17.8. The van der Waals surface area contributed by atoms with Gasteiger partial charge in [0.25, 0.3) is 0 Å². The zero-order chi connectivity index (χ0) is 45.2. The lowest BCUT2D eigenvalue weighted by atomic mass is 9.99. The molecule has 4 nitrogen and oxygen atoms in total. The second-order valence-corrected chi connectivity index (χ2v) is 18.7. The van der Waals surface area contributed by atoms with Gasteiger partial charge in [-0.3, -0.25) is 0 Å². The lowest BCUT2D eigenvalue weighted by Gasteiger charge is -2.26. The second kappa shape index (κ2) is 18.1. The third-order valence-corrected chi connectivity index (χ3v) is 14.5. The number of hydrogen-bond donors (Lipinski definition) is 0. The lowest BCUT2D eigenvalue weighted by molar-refractivity contribution is 1.28. The summed E-state index contributed by atoms with van der Waals surface area (Å²) in [4.78, 5) is 14.5. The zero-order valence-electron chi connectivity index (χ0n) is 36.9. The van der Waals surface area contributed by atoms with Crippen molar-refractivity contribution in [3.63, 3.8) is 0 Å². The Labute approximate surface area is 404 Å². The molecule has 0 spiro atoms. The van der Waals surface area contributed by atoms with Gasteiger partial charge in [-0.25, -0.2) is 9.97 Å². The molecule has 0 aliphatic heterocycles. The molecule has 6 heteroatoms. The zero-order valence-corrected chi connectivity index (χ0v) is 38.5. The van der Waals surface area contributed by atoms with E-state index in [1.165, 1.54) is 31.7 Å². The number of para-hydroxylation sites is 3. The maximum absolute atomic E-state index is 4.93. The Morgan fingerprint density at radius 2 is 0.529 bits per heavy atom. The Hall–Kier alpha value is -8.42. The molecule has 0 bridgehead atoms. The molecule has 12 aromatic rings. The summed E-state index contributed by atoms with van der Waals surface area (Å²) in [6.45, 7) is 0. The number of hydrogen-bond acceptors (Lipinski definition) is 6. The molecule has 2 aromatic heterocycles. The van der Waals surface area contributed by atoms with E-state index in [1.54, 1.807) is 22.7 Å². The molecule has 0 fully saturated rings. The summed E-state index contributed by atoms with van der Waals surface area (Å²) in [6.07, 6.45) is 0. The highest BCUT2D eigenvalue weighted by Gasteiger charge is 2.17. The van der Waals surface area contributed by atoms with Gasteiger partial charge in [0.1, 0.15) is 10.0 Å². The van der Waals surface area contributed by atoms with E-state index in [4.69, 9.17) is 9.97 Å². The number of thiazole rings is 2. The van der Waals surface area contributed by atoms with Crippen molar-refractivity contribution < 1.29 is 0 Å². The number of nitrogens with zero attached hydrogens (tertiary/aromatic N) is 4. The monoisotopic (exact) mass is 906 g/mol. The van der Waals surface area contributed by atoms with Gasteiger partial charge in [-0.05, 0) is 161 Å². The van der Waals surface area contributed by atoms with Crippen LogP contribution < -0.4 is 9.80 Å². The number of aromatic nitrogens is 2. The van der Waals surface area contributed by atoms with Crippen molar-refractivity contribution in [1.29, 1.82) is 0 Å². The molecule has 2 heterocycles. The Morgan fingerprint density at radius 1 is 0.235 bits per heavy atom. The van der Waals surface area contributed by atoms with Gasteiger partial charge in [0.2, 0.25) is 0 Å². The topological polar surface area (TPSA) is 32.3 Å². The van der Waals surface area contributed by atoms with Crippen molar-refractivity contribution in [2.45, 2.75) is 0 Å². The molecule has 0 atom stereocenters. The second-order valence-electron chi connectivity index (χ2n) is 16.7. The van der Waals surface area contributed by atoms with E-state index < -0.39 is 0 Å². The maximum Gasteiger partial charge on any atom is 0.124 e. The van der Waals surface area contributed by atoms with Crippen molar-refractivity contribution >= 4 is 77.2 Å². The maximum atomic E-state index is 4.93. The van der Waals surface area contributed by atoms with E-state index in [2.05, 4.69) is 252 Å². The fraction of sp³-hybridized carbons (Fsp3) is 0. The average Bonchev–Trinajstić information content (AvgIpc) is 4.06. The van der Waals surface area contributed by atoms with Crippen LogP contribution in [0.5, 0.6) is 0 Å². The van der Waals surface area contributed by atoms with E-state index in [1.807, 2.05) is 12.1 Å². The number of fused-ring (bicyclic) bond motifs is 2. The van der Waals surface area contributed by atoms with Crippen LogP contribution in [0.25, 0.3) is 75.0 Å². The molecule has 0 saturated heterocycles. The first kappa shape index (κ1) is 41.0. The highest BCUT2D eigenvalue weighted by molar-refractivity contribution is 7.22. The molecule has 0 aliphatic carbocycles. The number of benzene rings is 10. The Bertz CT molecular complexity index is 3460. The van der Waals surface area contributed by atoms with Gasteiger partial charge in [-0.1, -0.05) is 127 Å². The molecule has 0 unspecified atom stereocenters. The third kappa shape index (κ3) is 8.24. The van der Waals surface area contributed by atoms with E-state index in [0.717, 1.165) is 77.4 Å². The molecule has 322 valence electrons. The first-order valence-electron chi connectivity index (χ1n) is 22.7. The van der Waals surface area contributed by atoms with E-state index >= 15 is 0 Å². The Kier molecular flexibility index (Phi) is 10.9. The van der Waals surface area contributed by atoms with Crippen LogP contribution in [0.15, 0.2) is 255 Å². The van der Waals surface area contributed by atoms with E-state index in [-0.39, 0.29) is 0 Å². The number of rotatable bonds is 11. The number of anilines is 6. The minimum absolute atomic E-state index is 1.02. The van der Waals surface area contributed by atoms with Gasteiger partial charge in [-0.2, -0.15) is 0 Å². The summed E-state index contributed by atoms with van der Waals surface area (Å²) < 4.78 is 2.38. The van der Waals surface area contributed by atoms with Crippen LogP contribution in [-0.2, 0) is 0 Å². The highest BCUT2D eigenvalue weighted by atomic mass is 32.1. The van der Waals surface area contributed by atoms with Gasteiger partial charge in [0, 0.05) is 45.3 Å². The Balaban J connectivity index is 0.838. The van der Waals surface area contributed by atoms with Crippen LogP contribution >= 0.6 is 22.7 Å². The van der Waals surface area contributed by atoms with Gasteiger partial charge >= 0.3 is 0 Å². The van der Waals surface area contributed by atoms with E-state index in [9.17, 15) is 0 Å². The quantitative estimate of drug-likeness (QED) is 0.129. The molecule has 0 N–H and O–H groups in total. The van der Waals surface area contributed by atoms with Gasteiger partial charge in [-0.15, -0.1) is 22.7 Å². The van der Waals surface area contributed by atoms with Crippen molar-refractivity contribution in [1.82, 2.24) is 9.97 Å². The van der Waals surface area contributed by atoms with Crippen LogP contribution in [0.4, 0.5) is 34.1 Å². The predicted molar refractivity (Wildman–Crippen MR) is 289 cm³/mol. The largest absolute Gasteiger partial charge is 0.311 e. The minimum Gasteiger partial charge on any atom is -0.311 e. The summed E-state index contributed by atoms with van der Waals surface area (Å²) in [5.74, 6) is 0. The summed E-state index contributed by atoms with van der Waals surface area (Å²) in [7, 11) is 0. The molecule has 0 aliphatic rings. The normalized spacial score (nSPS) is 11.2. The first-order valence-corrected chi connectivity index (χ1v) is 24.3. The van der Waals surface area contributed by atoms with Crippen molar-refractivity contribution in [3.05, 3.63) is 255 Å². The van der Waals surface area contributed by atoms with Crippen molar-refractivity contribution in [2.24, 2.45) is 0 Å². The van der Waals surface area contributed by atoms with Crippen LogP contribution in [0.1, 0.15) is 0 Å². The molecule has 12 rings (SSSR count). The van der Waals surface area contributed by atoms with Crippen molar-refractivity contribution in [2.75, 3.05) is 9.80 Å². The highest BCUT2D eigenvalue weighted by Crippen LogP contribution is 2.41.